The molecule has 1 aliphatic carbocycles. The van der Waals surface area contributed by atoms with Gasteiger partial charge >= 0.3 is 0 Å². The highest BCUT2D eigenvalue weighted by molar-refractivity contribution is 5.43. The Morgan fingerprint density at radius 2 is 1.95 bits per heavy atom. The Morgan fingerprint density at radius 1 is 1.15 bits per heavy atom. The minimum atomic E-state index is 0.135. The number of nitrogens with two attached hydrogens (primary N) is 1. The highest BCUT2D eigenvalue weighted by Crippen LogP contribution is 2.34. The third-order valence-electron chi connectivity index (χ3n) is 3.84. The van der Waals surface area contributed by atoms with Crippen molar-refractivity contribution in [1.82, 2.24) is 0 Å². The molecule has 0 saturated carbocycles. The van der Waals surface area contributed by atoms with Gasteiger partial charge in [0.2, 0.25) is 0 Å². The Morgan fingerprint density at radius 3 is 2.75 bits per heavy atom. The van der Waals surface area contributed by atoms with E-state index >= 15 is 0 Å². The first kappa shape index (κ1) is 13.0. The summed E-state index contributed by atoms with van der Waals surface area (Å²) >= 11 is 0. The number of benzene rings is 2. The molecule has 0 spiro atoms. The van der Waals surface area contributed by atoms with Crippen molar-refractivity contribution in [3.63, 3.8) is 0 Å². The van der Waals surface area contributed by atoms with E-state index in [-0.39, 0.29) is 11.8 Å². The molecule has 2 aromatic rings. The molecule has 0 fully saturated rings. The second kappa shape index (κ2) is 5.55. The van der Waals surface area contributed by atoms with Crippen LogP contribution in [0.25, 0.3) is 0 Å². The van der Waals surface area contributed by atoms with Crippen molar-refractivity contribution in [3.8, 4) is 11.5 Å². The van der Waals surface area contributed by atoms with E-state index in [1.165, 1.54) is 11.1 Å². The van der Waals surface area contributed by atoms with Crippen LogP contribution in [0.2, 0.25) is 0 Å². The van der Waals surface area contributed by atoms with Crippen LogP contribution in [0.15, 0.2) is 42.5 Å². The average Bonchev–Trinajstić information content (AvgIpc) is 2.47. The van der Waals surface area contributed by atoms with Crippen LogP contribution in [-0.4, -0.2) is 5.11 Å². The highest BCUT2D eigenvalue weighted by Gasteiger charge is 2.19. The number of phenols is 1. The largest absolute Gasteiger partial charge is 0.508 e. The summed E-state index contributed by atoms with van der Waals surface area (Å²) in [4.78, 5) is 0. The van der Waals surface area contributed by atoms with Crippen molar-refractivity contribution in [2.75, 3.05) is 0 Å². The zero-order valence-corrected chi connectivity index (χ0v) is 11.4. The highest BCUT2D eigenvalue weighted by atomic mass is 16.5. The fraction of sp³-hybridized carbons (Fsp3) is 0.294. The van der Waals surface area contributed by atoms with Crippen LogP contribution in [0, 0.1) is 0 Å². The van der Waals surface area contributed by atoms with Crippen molar-refractivity contribution in [3.05, 3.63) is 59.2 Å². The molecule has 0 aliphatic heterocycles. The average molecular weight is 269 g/mol. The van der Waals surface area contributed by atoms with Gasteiger partial charge in [-0.15, -0.1) is 0 Å². The van der Waals surface area contributed by atoms with Gasteiger partial charge in [-0.2, -0.15) is 0 Å². The van der Waals surface area contributed by atoms with Gasteiger partial charge in [0.05, 0.1) is 0 Å². The monoisotopic (exact) mass is 269 g/mol. The SMILES string of the molecule is NC1CCCc2c(OCc3ccc(O)cc3)cccc21. The molecule has 3 heteroatoms. The molecule has 2 aromatic carbocycles. The van der Waals surface area contributed by atoms with Gasteiger partial charge in [-0.05, 0) is 54.2 Å². The number of hydrogen-bond donors (Lipinski definition) is 2. The quantitative estimate of drug-likeness (QED) is 0.898. The Hall–Kier alpha value is -2.00. The maximum atomic E-state index is 9.27. The van der Waals surface area contributed by atoms with E-state index in [1.54, 1.807) is 12.1 Å². The first-order valence-electron chi connectivity index (χ1n) is 7.02. The van der Waals surface area contributed by atoms with Crippen molar-refractivity contribution >= 4 is 0 Å². The van der Waals surface area contributed by atoms with Crippen molar-refractivity contribution in [1.29, 1.82) is 0 Å². The molecule has 0 heterocycles. The predicted molar refractivity (Wildman–Crippen MR) is 78.7 cm³/mol. The number of ether oxygens (including phenoxy) is 1. The molecule has 0 radical (unpaired) electrons. The Labute approximate surface area is 119 Å². The van der Waals surface area contributed by atoms with Crippen LogP contribution >= 0.6 is 0 Å². The smallest absolute Gasteiger partial charge is 0.123 e. The molecular weight excluding hydrogens is 250 g/mol. The minimum absolute atomic E-state index is 0.135. The molecule has 20 heavy (non-hydrogen) atoms. The number of fused-ring (bicyclic) bond motifs is 1. The molecule has 1 aliphatic rings. The summed E-state index contributed by atoms with van der Waals surface area (Å²) in [7, 11) is 0. The van der Waals surface area contributed by atoms with Gasteiger partial charge in [0, 0.05) is 6.04 Å². The van der Waals surface area contributed by atoms with E-state index in [9.17, 15) is 5.11 Å². The second-order valence-corrected chi connectivity index (χ2v) is 5.28. The summed E-state index contributed by atoms with van der Waals surface area (Å²) in [6.07, 6.45) is 3.21. The van der Waals surface area contributed by atoms with Gasteiger partial charge in [0.25, 0.3) is 0 Å². The molecule has 3 N–H and O–H groups in total. The van der Waals surface area contributed by atoms with Gasteiger partial charge in [-0.3, -0.25) is 0 Å². The molecule has 1 unspecified atom stereocenters. The molecule has 0 bridgehead atoms. The first-order chi connectivity index (χ1) is 9.74. The Bertz CT molecular complexity index is 592. The maximum absolute atomic E-state index is 9.27. The number of hydrogen-bond acceptors (Lipinski definition) is 3. The van der Waals surface area contributed by atoms with Crippen LogP contribution in [0.3, 0.4) is 0 Å². The summed E-state index contributed by atoms with van der Waals surface area (Å²) in [5.74, 6) is 1.21. The van der Waals surface area contributed by atoms with E-state index in [4.69, 9.17) is 10.5 Å². The Kier molecular flexibility index (Phi) is 3.61. The summed E-state index contributed by atoms with van der Waals surface area (Å²) in [6, 6.07) is 13.4. The van der Waals surface area contributed by atoms with E-state index in [0.717, 1.165) is 30.6 Å². The van der Waals surface area contributed by atoms with E-state index in [0.29, 0.717) is 6.61 Å². The van der Waals surface area contributed by atoms with Gasteiger partial charge in [0.1, 0.15) is 18.1 Å². The second-order valence-electron chi connectivity index (χ2n) is 5.28. The molecule has 3 nitrogen and oxygen atoms in total. The lowest BCUT2D eigenvalue weighted by Crippen LogP contribution is -2.18. The number of aromatic hydroxyl groups is 1. The van der Waals surface area contributed by atoms with Gasteiger partial charge in [0.15, 0.2) is 0 Å². The Balaban J connectivity index is 1.78. The normalized spacial score (nSPS) is 17.6. The van der Waals surface area contributed by atoms with Crippen LogP contribution < -0.4 is 10.5 Å². The predicted octanol–water partition coefficient (Wildman–Crippen LogP) is 3.31. The van der Waals surface area contributed by atoms with Crippen LogP contribution in [0.1, 0.15) is 35.6 Å². The third kappa shape index (κ3) is 2.63. The molecule has 0 amide bonds. The van der Waals surface area contributed by atoms with Crippen molar-refractivity contribution < 1.29 is 9.84 Å². The lowest BCUT2D eigenvalue weighted by molar-refractivity contribution is 0.300. The van der Waals surface area contributed by atoms with Gasteiger partial charge < -0.3 is 15.6 Å². The zero-order valence-electron chi connectivity index (χ0n) is 11.4. The van der Waals surface area contributed by atoms with E-state index in [2.05, 4.69) is 6.07 Å². The molecular formula is C17H19NO2. The molecule has 0 saturated heterocycles. The van der Waals surface area contributed by atoms with Gasteiger partial charge in [-0.1, -0.05) is 24.3 Å². The number of rotatable bonds is 3. The lowest BCUT2D eigenvalue weighted by atomic mass is 9.87. The zero-order chi connectivity index (χ0) is 13.9. The minimum Gasteiger partial charge on any atom is -0.508 e. The third-order valence-corrected chi connectivity index (χ3v) is 3.84. The fourth-order valence-electron chi connectivity index (χ4n) is 2.74. The fourth-order valence-corrected chi connectivity index (χ4v) is 2.74. The van der Waals surface area contributed by atoms with E-state index < -0.39 is 0 Å². The number of phenolic OH excluding ortho intramolecular Hbond substituents is 1. The lowest BCUT2D eigenvalue weighted by Gasteiger charge is -2.24. The van der Waals surface area contributed by atoms with Crippen molar-refractivity contribution in [2.24, 2.45) is 5.73 Å². The van der Waals surface area contributed by atoms with Crippen molar-refractivity contribution in [2.45, 2.75) is 31.9 Å². The summed E-state index contributed by atoms with van der Waals surface area (Å²) < 4.78 is 5.94. The summed E-state index contributed by atoms with van der Waals surface area (Å²) in [5, 5.41) is 9.27. The molecule has 104 valence electrons. The molecule has 3 rings (SSSR count). The molecule has 1 atom stereocenters. The van der Waals surface area contributed by atoms with Gasteiger partial charge in [-0.25, -0.2) is 0 Å². The first-order valence-corrected chi connectivity index (χ1v) is 7.02. The maximum Gasteiger partial charge on any atom is 0.123 e. The van der Waals surface area contributed by atoms with Crippen LogP contribution in [-0.2, 0) is 13.0 Å². The summed E-state index contributed by atoms with van der Waals surface area (Å²) in [5.41, 5.74) is 9.67. The standard InChI is InChI=1S/C17H19NO2/c18-16-5-1-4-15-14(16)3-2-6-17(15)20-11-12-7-9-13(19)10-8-12/h2-3,6-10,16,19H,1,4-5,11,18H2. The topological polar surface area (TPSA) is 55.5 Å². The van der Waals surface area contributed by atoms with Crippen LogP contribution in [0.5, 0.6) is 11.5 Å². The molecule has 0 aromatic heterocycles. The summed E-state index contributed by atoms with van der Waals surface area (Å²) in [6.45, 7) is 0.506. The van der Waals surface area contributed by atoms with Crippen LogP contribution in [0.4, 0.5) is 0 Å². The van der Waals surface area contributed by atoms with E-state index in [1.807, 2.05) is 24.3 Å².